The summed E-state index contributed by atoms with van der Waals surface area (Å²) in [6, 6.07) is 7.51. The Labute approximate surface area is 126 Å². The molecule has 0 bridgehead atoms. The predicted octanol–water partition coefficient (Wildman–Crippen LogP) is 4.63. The first-order chi connectivity index (χ1) is 9.65. The standard InChI is InChI=1S/C17H23ClN2/c1-12-4-3-5-13(2)20(12)9-8-14-11-19-17-7-6-15(18)10-16(14)17/h6-7,10-13,19H,3-5,8-9H2,1-2H3/t12-,13+. The van der Waals surface area contributed by atoms with Crippen molar-refractivity contribution in [3.63, 3.8) is 0 Å². The molecule has 1 aromatic heterocycles. The average molecular weight is 291 g/mol. The molecule has 3 heteroatoms. The van der Waals surface area contributed by atoms with Gasteiger partial charge in [0.05, 0.1) is 0 Å². The zero-order valence-electron chi connectivity index (χ0n) is 12.3. The van der Waals surface area contributed by atoms with Crippen LogP contribution in [0.4, 0.5) is 0 Å². The van der Waals surface area contributed by atoms with Gasteiger partial charge in [0.15, 0.2) is 0 Å². The first-order valence-electron chi connectivity index (χ1n) is 7.66. The highest BCUT2D eigenvalue weighted by atomic mass is 35.5. The van der Waals surface area contributed by atoms with Crippen molar-refractivity contribution >= 4 is 22.5 Å². The van der Waals surface area contributed by atoms with Gasteiger partial charge in [-0.15, -0.1) is 0 Å². The Balaban J connectivity index is 1.75. The molecule has 0 amide bonds. The lowest BCUT2D eigenvalue weighted by atomic mass is 9.97. The maximum absolute atomic E-state index is 6.12. The molecule has 20 heavy (non-hydrogen) atoms. The number of rotatable bonds is 3. The molecule has 1 fully saturated rings. The molecular weight excluding hydrogens is 268 g/mol. The summed E-state index contributed by atoms with van der Waals surface area (Å²) in [5, 5.41) is 2.09. The molecule has 2 heterocycles. The van der Waals surface area contributed by atoms with E-state index in [1.54, 1.807) is 0 Å². The normalized spacial score (nSPS) is 24.4. The summed E-state index contributed by atoms with van der Waals surface area (Å²) in [4.78, 5) is 6.01. The van der Waals surface area contributed by atoms with Crippen molar-refractivity contribution in [1.29, 1.82) is 0 Å². The number of nitrogens with zero attached hydrogens (tertiary/aromatic N) is 1. The second-order valence-corrected chi connectivity index (χ2v) is 6.56. The minimum absolute atomic E-state index is 0.715. The van der Waals surface area contributed by atoms with Crippen molar-refractivity contribution in [3.8, 4) is 0 Å². The minimum Gasteiger partial charge on any atom is -0.361 e. The molecule has 1 N–H and O–H groups in total. The monoisotopic (exact) mass is 290 g/mol. The number of benzene rings is 1. The quantitative estimate of drug-likeness (QED) is 0.873. The Morgan fingerprint density at radius 3 is 2.75 bits per heavy atom. The highest BCUT2D eigenvalue weighted by molar-refractivity contribution is 6.31. The van der Waals surface area contributed by atoms with E-state index in [4.69, 9.17) is 11.6 Å². The SMILES string of the molecule is C[C@@H]1CCC[C@H](C)N1CCc1c[nH]c2ccc(Cl)cc12. The van der Waals surface area contributed by atoms with Gasteiger partial charge in [-0.2, -0.15) is 0 Å². The van der Waals surface area contributed by atoms with Crippen LogP contribution in [0.15, 0.2) is 24.4 Å². The third kappa shape index (κ3) is 2.72. The molecular formula is C17H23ClN2. The first kappa shape index (κ1) is 14.0. The van der Waals surface area contributed by atoms with Gasteiger partial charge >= 0.3 is 0 Å². The summed E-state index contributed by atoms with van der Waals surface area (Å²) in [7, 11) is 0. The van der Waals surface area contributed by atoms with Gasteiger partial charge in [0.1, 0.15) is 0 Å². The maximum Gasteiger partial charge on any atom is 0.0457 e. The highest BCUT2D eigenvalue weighted by Gasteiger charge is 2.24. The van der Waals surface area contributed by atoms with Crippen molar-refractivity contribution < 1.29 is 0 Å². The molecule has 0 saturated carbocycles. The van der Waals surface area contributed by atoms with E-state index in [0.29, 0.717) is 12.1 Å². The molecule has 2 aromatic rings. The molecule has 1 saturated heterocycles. The van der Waals surface area contributed by atoms with Crippen molar-refractivity contribution in [3.05, 3.63) is 35.0 Å². The van der Waals surface area contributed by atoms with E-state index in [9.17, 15) is 0 Å². The number of halogens is 1. The molecule has 0 aliphatic carbocycles. The van der Waals surface area contributed by atoms with Gasteiger partial charge in [-0.25, -0.2) is 0 Å². The predicted molar refractivity (Wildman–Crippen MR) is 86.5 cm³/mol. The van der Waals surface area contributed by atoms with E-state index in [2.05, 4.69) is 42.1 Å². The second kappa shape index (κ2) is 5.79. The molecule has 0 unspecified atom stereocenters. The second-order valence-electron chi connectivity index (χ2n) is 6.12. The largest absolute Gasteiger partial charge is 0.361 e. The fourth-order valence-corrected chi connectivity index (χ4v) is 3.69. The van der Waals surface area contributed by atoms with E-state index in [0.717, 1.165) is 18.0 Å². The Hall–Kier alpha value is -0.990. The Morgan fingerprint density at radius 2 is 2.00 bits per heavy atom. The smallest absolute Gasteiger partial charge is 0.0457 e. The lowest BCUT2D eigenvalue weighted by Crippen LogP contribution is -2.44. The Morgan fingerprint density at radius 1 is 1.25 bits per heavy atom. The van der Waals surface area contributed by atoms with Gasteiger partial charge in [-0.1, -0.05) is 18.0 Å². The van der Waals surface area contributed by atoms with Crippen molar-refractivity contribution in [1.82, 2.24) is 9.88 Å². The third-order valence-corrected chi connectivity index (χ3v) is 4.98. The van der Waals surface area contributed by atoms with Gasteiger partial charge in [0, 0.05) is 40.8 Å². The van der Waals surface area contributed by atoms with Crippen LogP contribution in [0, 0.1) is 0 Å². The van der Waals surface area contributed by atoms with Crippen LogP contribution in [0.2, 0.25) is 5.02 Å². The van der Waals surface area contributed by atoms with Crippen molar-refractivity contribution in [2.75, 3.05) is 6.54 Å². The van der Waals surface area contributed by atoms with E-state index in [-0.39, 0.29) is 0 Å². The van der Waals surface area contributed by atoms with Crippen LogP contribution in [0.5, 0.6) is 0 Å². The summed E-state index contributed by atoms with van der Waals surface area (Å²) in [5.41, 5.74) is 2.57. The molecule has 3 rings (SSSR count). The molecule has 0 radical (unpaired) electrons. The van der Waals surface area contributed by atoms with Crippen LogP contribution in [0.3, 0.4) is 0 Å². The number of H-pyrrole nitrogens is 1. The molecule has 1 aliphatic heterocycles. The lowest BCUT2D eigenvalue weighted by molar-refractivity contribution is 0.105. The number of hydrogen-bond acceptors (Lipinski definition) is 1. The number of nitrogens with one attached hydrogen (secondary N) is 1. The van der Waals surface area contributed by atoms with E-state index in [1.165, 1.54) is 35.7 Å². The summed E-state index contributed by atoms with van der Waals surface area (Å²) < 4.78 is 0. The van der Waals surface area contributed by atoms with Gasteiger partial charge in [-0.3, -0.25) is 4.90 Å². The third-order valence-electron chi connectivity index (χ3n) is 4.74. The molecule has 0 spiro atoms. The number of aromatic nitrogens is 1. The first-order valence-corrected chi connectivity index (χ1v) is 8.04. The zero-order valence-corrected chi connectivity index (χ0v) is 13.1. The number of fused-ring (bicyclic) bond motifs is 1. The fourth-order valence-electron chi connectivity index (χ4n) is 3.52. The van der Waals surface area contributed by atoms with Crippen LogP contribution in [0.25, 0.3) is 10.9 Å². The summed E-state index contributed by atoms with van der Waals surface area (Å²) >= 11 is 6.12. The van der Waals surface area contributed by atoms with Crippen molar-refractivity contribution in [2.45, 2.75) is 51.6 Å². The Kier molecular flexibility index (Phi) is 4.04. The van der Waals surface area contributed by atoms with Gasteiger partial charge < -0.3 is 4.98 Å². The average Bonchev–Trinajstić information content (AvgIpc) is 2.81. The van der Waals surface area contributed by atoms with Crippen molar-refractivity contribution in [2.24, 2.45) is 0 Å². The van der Waals surface area contributed by atoms with E-state index in [1.807, 2.05) is 6.07 Å². The Bertz CT molecular complexity index is 580. The van der Waals surface area contributed by atoms with E-state index < -0.39 is 0 Å². The lowest BCUT2D eigenvalue weighted by Gasteiger charge is -2.39. The molecule has 1 aliphatic rings. The van der Waals surface area contributed by atoms with Crippen LogP contribution in [-0.2, 0) is 6.42 Å². The van der Waals surface area contributed by atoms with Gasteiger partial charge in [0.25, 0.3) is 0 Å². The van der Waals surface area contributed by atoms with Crippen LogP contribution in [-0.4, -0.2) is 28.5 Å². The highest BCUT2D eigenvalue weighted by Crippen LogP contribution is 2.25. The molecule has 108 valence electrons. The van der Waals surface area contributed by atoms with E-state index >= 15 is 0 Å². The fraction of sp³-hybridized carbons (Fsp3) is 0.529. The van der Waals surface area contributed by atoms with Crippen LogP contribution >= 0.6 is 11.6 Å². The molecule has 2 nitrogen and oxygen atoms in total. The number of hydrogen-bond donors (Lipinski definition) is 1. The number of aromatic amines is 1. The zero-order chi connectivity index (χ0) is 14.1. The molecule has 2 atom stereocenters. The topological polar surface area (TPSA) is 19.0 Å². The van der Waals surface area contributed by atoms with Crippen LogP contribution in [0.1, 0.15) is 38.7 Å². The number of likely N-dealkylation sites (tertiary alicyclic amines) is 1. The van der Waals surface area contributed by atoms with Crippen LogP contribution < -0.4 is 0 Å². The van der Waals surface area contributed by atoms with Gasteiger partial charge in [-0.05, 0) is 56.9 Å². The minimum atomic E-state index is 0.715. The summed E-state index contributed by atoms with van der Waals surface area (Å²) in [5.74, 6) is 0. The maximum atomic E-state index is 6.12. The van der Waals surface area contributed by atoms with Gasteiger partial charge in [0.2, 0.25) is 0 Å². The summed E-state index contributed by atoms with van der Waals surface area (Å²) in [6.07, 6.45) is 7.28. The number of piperidine rings is 1. The summed E-state index contributed by atoms with van der Waals surface area (Å²) in [6.45, 7) is 5.87. The molecule has 1 aromatic carbocycles.